The molecule has 0 bridgehead atoms. The van der Waals surface area contributed by atoms with E-state index in [2.05, 4.69) is 48.1 Å². The molecule has 0 spiro atoms. The van der Waals surface area contributed by atoms with Crippen LogP contribution in [0.1, 0.15) is 9.75 Å². The van der Waals surface area contributed by atoms with Gasteiger partial charge < -0.3 is 9.11 Å². The predicted molar refractivity (Wildman–Crippen MR) is 134 cm³/mol. The molecule has 0 saturated heterocycles. The molecule has 2 aromatic heterocycles. The monoisotopic (exact) mass is 538 g/mol. The van der Waals surface area contributed by atoms with Crippen molar-refractivity contribution in [3.05, 3.63) is 81.4 Å². The quantitative estimate of drug-likeness (QED) is 0.342. The Hall–Kier alpha value is -2.48. The summed E-state index contributed by atoms with van der Waals surface area (Å²) in [5.41, 5.74) is 8.41. The van der Waals surface area contributed by atoms with E-state index < -0.39 is 31.7 Å². The summed E-state index contributed by atoms with van der Waals surface area (Å²) in [6, 6.07) is 20.5. The summed E-state index contributed by atoms with van der Waals surface area (Å²) >= 11 is 3.38. The number of thiazole rings is 2. The molecule has 0 saturated carbocycles. The predicted octanol–water partition coefficient (Wildman–Crippen LogP) is 4.31. The molecule has 0 fully saturated rings. The van der Waals surface area contributed by atoms with E-state index in [0.29, 0.717) is 0 Å². The van der Waals surface area contributed by atoms with Crippen molar-refractivity contribution in [1.29, 1.82) is 0 Å². The van der Waals surface area contributed by atoms with Crippen molar-refractivity contribution in [2.75, 3.05) is 11.5 Å². The van der Waals surface area contributed by atoms with Crippen LogP contribution in [0, 0.1) is 13.8 Å². The Balaban J connectivity index is 0.000000182. The van der Waals surface area contributed by atoms with Crippen molar-refractivity contribution in [2.24, 2.45) is 0 Å². The van der Waals surface area contributed by atoms with Gasteiger partial charge in [0.15, 0.2) is 0 Å². The van der Waals surface area contributed by atoms with Gasteiger partial charge in [0, 0.05) is 20.9 Å². The molecule has 0 aliphatic rings. The lowest BCUT2D eigenvalue weighted by Crippen LogP contribution is -2.15. The number of nitrogens with zero attached hydrogens (tertiary/aromatic N) is 2. The number of rotatable bonds is 5. The van der Waals surface area contributed by atoms with Crippen LogP contribution in [-0.4, -0.2) is 47.4 Å². The van der Waals surface area contributed by atoms with Crippen molar-refractivity contribution < 1.29 is 25.9 Å². The summed E-state index contributed by atoms with van der Waals surface area (Å²) in [7, 11) is -9.17. The summed E-state index contributed by atoms with van der Waals surface area (Å²) in [6.07, 6.45) is 0. The van der Waals surface area contributed by atoms with Crippen LogP contribution in [0.3, 0.4) is 0 Å². The summed E-state index contributed by atoms with van der Waals surface area (Å²) in [5.74, 6) is -2.31. The largest absolute Gasteiger partial charge is 0.748 e. The number of aryl methyl sites for hydroxylation is 2. The second-order valence-corrected chi connectivity index (χ2v) is 11.9. The summed E-state index contributed by atoms with van der Waals surface area (Å²) in [6.45, 7) is 4.19. The van der Waals surface area contributed by atoms with Gasteiger partial charge in [0.25, 0.3) is 0 Å². The average molecular weight is 539 g/mol. The first kappa shape index (κ1) is 27.8. The molecular formula is C22H22N2O6S4-2. The van der Waals surface area contributed by atoms with Crippen LogP contribution in [0.5, 0.6) is 0 Å². The molecule has 0 unspecified atom stereocenters. The second kappa shape index (κ2) is 12.8. The lowest BCUT2D eigenvalue weighted by molar-refractivity contribution is 0.452. The highest BCUT2D eigenvalue weighted by atomic mass is 32.2. The minimum absolute atomic E-state index is 1.11. The van der Waals surface area contributed by atoms with Gasteiger partial charge in [-0.3, -0.25) is 0 Å². The Morgan fingerprint density at radius 2 is 0.971 bits per heavy atom. The van der Waals surface area contributed by atoms with E-state index in [4.69, 9.17) is 0 Å². The van der Waals surface area contributed by atoms with Gasteiger partial charge in [-0.15, -0.1) is 22.7 Å². The van der Waals surface area contributed by atoms with Crippen molar-refractivity contribution in [2.45, 2.75) is 13.8 Å². The fourth-order valence-corrected chi connectivity index (χ4v) is 5.39. The Morgan fingerprint density at radius 3 is 1.21 bits per heavy atom. The summed E-state index contributed by atoms with van der Waals surface area (Å²) in [5, 5.41) is 0. The molecule has 0 aliphatic heterocycles. The van der Waals surface area contributed by atoms with Crippen LogP contribution < -0.4 is 0 Å². The van der Waals surface area contributed by atoms with E-state index in [1.807, 2.05) is 47.4 Å². The SMILES string of the molecule is Cc1scnc1-c1ccccc1.Cc1scnc1-c1ccccc1.O=S(=O)([O-])CCS(=O)(=O)[O-]. The maximum absolute atomic E-state index is 9.72. The van der Waals surface area contributed by atoms with Crippen LogP contribution >= 0.6 is 22.7 Å². The standard InChI is InChI=1S/2C10H9NS.C2H6O6S2/c2*1-8-10(11-7-12-8)9-5-3-2-4-6-9;3-9(4,5)1-2-10(6,7)8/h2*2-7H,1H3;1-2H2,(H,3,4,5)(H,6,7,8)/p-2. The van der Waals surface area contributed by atoms with Gasteiger partial charge in [-0.2, -0.15) is 0 Å². The molecule has 12 heteroatoms. The van der Waals surface area contributed by atoms with Crippen LogP contribution in [0.25, 0.3) is 22.5 Å². The van der Waals surface area contributed by atoms with Gasteiger partial charge in [-0.25, -0.2) is 26.8 Å². The van der Waals surface area contributed by atoms with Crippen LogP contribution in [0.15, 0.2) is 71.7 Å². The number of aromatic nitrogens is 2. The number of hydrogen-bond donors (Lipinski definition) is 0. The molecule has 0 aliphatic carbocycles. The molecule has 2 heterocycles. The van der Waals surface area contributed by atoms with E-state index in [1.54, 1.807) is 22.7 Å². The van der Waals surface area contributed by atoms with Crippen LogP contribution in [-0.2, 0) is 20.2 Å². The van der Waals surface area contributed by atoms with E-state index in [9.17, 15) is 25.9 Å². The highest BCUT2D eigenvalue weighted by molar-refractivity contribution is 7.89. The molecule has 34 heavy (non-hydrogen) atoms. The molecule has 4 aromatic rings. The van der Waals surface area contributed by atoms with Gasteiger partial charge in [0.1, 0.15) is 0 Å². The van der Waals surface area contributed by atoms with Crippen molar-refractivity contribution in [3.63, 3.8) is 0 Å². The molecule has 2 aromatic carbocycles. The lowest BCUT2D eigenvalue weighted by Gasteiger charge is -2.08. The fourth-order valence-electron chi connectivity index (χ4n) is 2.56. The van der Waals surface area contributed by atoms with Gasteiger partial charge >= 0.3 is 0 Å². The molecule has 8 nitrogen and oxygen atoms in total. The maximum Gasteiger partial charge on any atom is 0.0955 e. The number of hydrogen-bond acceptors (Lipinski definition) is 10. The summed E-state index contributed by atoms with van der Waals surface area (Å²) < 4.78 is 58.3. The first-order chi connectivity index (χ1) is 16.0. The number of benzene rings is 2. The molecule has 0 amide bonds. The van der Waals surface area contributed by atoms with Gasteiger partial charge in [-0.05, 0) is 13.8 Å². The molecule has 0 N–H and O–H groups in total. The van der Waals surface area contributed by atoms with Gasteiger partial charge in [-0.1, -0.05) is 60.7 Å². The van der Waals surface area contributed by atoms with Crippen LogP contribution in [0.2, 0.25) is 0 Å². The van der Waals surface area contributed by atoms with Crippen molar-refractivity contribution in [1.82, 2.24) is 9.97 Å². The first-order valence-corrected chi connectivity index (χ1v) is 14.7. The minimum atomic E-state index is -4.59. The smallest absolute Gasteiger partial charge is 0.0955 e. The third kappa shape index (κ3) is 10.2. The zero-order valence-corrected chi connectivity index (χ0v) is 21.6. The normalized spacial score (nSPS) is 11.1. The van der Waals surface area contributed by atoms with E-state index in [-0.39, 0.29) is 0 Å². The van der Waals surface area contributed by atoms with Crippen LogP contribution in [0.4, 0.5) is 0 Å². The lowest BCUT2D eigenvalue weighted by atomic mass is 10.1. The van der Waals surface area contributed by atoms with Crippen molar-refractivity contribution >= 4 is 42.9 Å². The zero-order chi connectivity index (χ0) is 25.2. The highest BCUT2D eigenvalue weighted by Crippen LogP contribution is 2.24. The third-order valence-corrected chi connectivity index (χ3v) is 7.35. The van der Waals surface area contributed by atoms with E-state index in [1.165, 1.54) is 20.9 Å². The van der Waals surface area contributed by atoms with Gasteiger partial charge in [0.05, 0.1) is 54.2 Å². The van der Waals surface area contributed by atoms with E-state index in [0.717, 1.165) is 11.4 Å². The van der Waals surface area contributed by atoms with Crippen molar-refractivity contribution in [3.8, 4) is 22.5 Å². The summed E-state index contributed by atoms with van der Waals surface area (Å²) in [4.78, 5) is 11.2. The topological polar surface area (TPSA) is 140 Å². The maximum atomic E-state index is 9.72. The molecular weight excluding hydrogens is 517 g/mol. The molecule has 4 rings (SSSR count). The average Bonchev–Trinajstić information content (AvgIpc) is 3.42. The van der Waals surface area contributed by atoms with Gasteiger partial charge in [0.2, 0.25) is 0 Å². The van der Waals surface area contributed by atoms with E-state index >= 15 is 0 Å². The third-order valence-electron chi connectivity index (χ3n) is 4.17. The Labute approximate surface area is 207 Å². The highest BCUT2D eigenvalue weighted by Gasteiger charge is 2.03. The zero-order valence-electron chi connectivity index (χ0n) is 18.3. The second-order valence-electron chi connectivity index (χ2n) is 6.77. The Bertz CT molecular complexity index is 1260. The molecule has 0 atom stereocenters. The minimum Gasteiger partial charge on any atom is -0.748 e. The first-order valence-electron chi connectivity index (χ1n) is 9.74. The fraction of sp³-hybridized carbons (Fsp3) is 0.182. The Kier molecular flexibility index (Phi) is 10.5. The Morgan fingerprint density at radius 1 is 0.647 bits per heavy atom. The molecule has 0 radical (unpaired) electrons. The molecule has 182 valence electrons.